The number of benzene rings is 3. The Bertz CT molecular complexity index is 1070. The van der Waals surface area contributed by atoms with E-state index in [0.29, 0.717) is 13.2 Å². The molecule has 5 nitrogen and oxygen atoms in total. The summed E-state index contributed by atoms with van der Waals surface area (Å²) in [6.07, 6.45) is 3.04. The average molecular weight is 448 g/mol. The van der Waals surface area contributed by atoms with Crippen LogP contribution in [0.2, 0.25) is 0 Å². The predicted molar refractivity (Wildman–Crippen MR) is 130 cm³/mol. The van der Waals surface area contributed by atoms with Gasteiger partial charge in [0.05, 0.1) is 25.4 Å². The highest BCUT2D eigenvalue weighted by atomic mass is 16.5. The SMILES string of the molecule is Cc1c(COc2ccc(CNC(CO)(CO)CO)c3c2CCC3)cccc1-c1ccccc1. The third kappa shape index (κ3) is 4.97. The fraction of sp³-hybridized carbons (Fsp3) is 0.357. The largest absolute Gasteiger partial charge is 0.489 e. The minimum Gasteiger partial charge on any atom is -0.489 e. The first-order valence-electron chi connectivity index (χ1n) is 11.6. The molecule has 5 heteroatoms. The second kappa shape index (κ2) is 10.5. The monoisotopic (exact) mass is 447 g/mol. The number of hydrogen-bond acceptors (Lipinski definition) is 5. The molecular weight excluding hydrogens is 414 g/mol. The van der Waals surface area contributed by atoms with E-state index < -0.39 is 5.54 Å². The molecule has 4 N–H and O–H groups in total. The summed E-state index contributed by atoms with van der Waals surface area (Å²) in [5.41, 5.74) is 7.40. The normalized spacial score (nSPS) is 13.2. The van der Waals surface area contributed by atoms with Crippen LogP contribution in [0.15, 0.2) is 60.7 Å². The number of aliphatic hydroxyl groups excluding tert-OH is 3. The van der Waals surface area contributed by atoms with E-state index in [1.807, 2.05) is 12.1 Å². The number of ether oxygens (including phenoxy) is 1. The molecule has 174 valence electrons. The maximum atomic E-state index is 9.58. The van der Waals surface area contributed by atoms with Crippen LogP contribution in [0.4, 0.5) is 0 Å². The fourth-order valence-corrected chi connectivity index (χ4v) is 4.57. The predicted octanol–water partition coefficient (Wildman–Crippen LogP) is 3.54. The lowest BCUT2D eigenvalue weighted by Crippen LogP contribution is -2.54. The number of fused-ring (bicyclic) bond motifs is 1. The first-order chi connectivity index (χ1) is 16.1. The van der Waals surface area contributed by atoms with Crippen molar-refractivity contribution in [2.24, 2.45) is 0 Å². The number of hydrogen-bond donors (Lipinski definition) is 4. The van der Waals surface area contributed by atoms with Crippen LogP contribution in [0, 0.1) is 6.92 Å². The van der Waals surface area contributed by atoms with Crippen molar-refractivity contribution >= 4 is 0 Å². The van der Waals surface area contributed by atoms with E-state index in [-0.39, 0.29) is 19.8 Å². The van der Waals surface area contributed by atoms with E-state index in [1.165, 1.54) is 33.4 Å². The van der Waals surface area contributed by atoms with Crippen LogP contribution < -0.4 is 10.1 Å². The Morgan fingerprint density at radius 1 is 0.818 bits per heavy atom. The van der Waals surface area contributed by atoms with Crippen LogP contribution in [0.3, 0.4) is 0 Å². The van der Waals surface area contributed by atoms with Crippen molar-refractivity contribution in [2.75, 3.05) is 19.8 Å². The molecule has 33 heavy (non-hydrogen) atoms. The van der Waals surface area contributed by atoms with Crippen LogP contribution >= 0.6 is 0 Å². The Morgan fingerprint density at radius 2 is 1.55 bits per heavy atom. The third-order valence-electron chi connectivity index (χ3n) is 6.81. The molecule has 0 atom stereocenters. The van der Waals surface area contributed by atoms with Gasteiger partial charge in [-0.25, -0.2) is 0 Å². The van der Waals surface area contributed by atoms with E-state index in [1.54, 1.807) is 0 Å². The van der Waals surface area contributed by atoms with Gasteiger partial charge >= 0.3 is 0 Å². The Balaban J connectivity index is 1.51. The minimum atomic E-state index is -1.08. The molecule has 0 aliphatic heterocycles. The summed E-state index contributed by atoms with van der Waals surface area (Å²) in [6.45, 7) is 2.15. The summed E-state index contributed by atoms with van der Waals surface area (Å²) in [4.78, 5) is 0. The fourth-order valence-electron chi connectivity index (χ4n) is 4.57. The third-order valence-corrected chi connectivity index (χ3v) is 6.81. The van der Waals surface area contributed by atoms with E-state index in [4.69, 9.17) is 4.74 Å². The van der Waals surface area contributed by atoms with Crippen molar-refractivity contribution in [1.82, 2.24) is 5.32 Å². The Labute approximate surface area is 195 Å². The van der Waals surface area contributed by atoms with Gasteiger partial charge < -0.3 is 25.4 Å². The van der Waals surface area contributed by atoms with Crippen LogP contribution in [0.25, 0.3) is 11.1 Å². The second-order valence-electron chi connectivity index (χ2n) is 8.89. The van der Waals surface area contributed by atoms with Crippen LogP contribution in [0.5, 0.6) is 5.75 Å². The smallest absolute Gasteiger partial charge is 0.123 e. The zero-order valence-electron chi connectivity index (χ0n) is 19.2. The summed E-state index contributed by atoms with van der Waals surface area (Å²) in [5, 5.41) is 31.9. The summed E-state index contributed by atoms with van der Waals surface area (Å²) < 4.78 is 6.33. The molecule has 0 saturated carbocycles. The van der Waals surface area contributed by atoms with Gasteiger partial charge in [0.1, 0.15) is 12.4 Å². The van der Waals surface area contributed by atoms with Crippen molar-refractivity contribution in [2.45, 2.75) is 44.9 Å². The Kier molecular flexibility index (Phi) is 7.46. The highest BCUT2D eigenvalue weighted by Gasteiger charge is 2.28. The molecule has 0 aromatic heterocycles. The lowest BCUT2D eigenvalue weighted by molar-refractivity contribution is 0.0413. The highest BCUT2D eigenvalue weighted by Crippen LogP contribution is 2.34. The zero-order valence-corrected chi connectivity index (χ0v) is 19.2. The molecule has 0 amide bonds. The molecule has 1 aliphatic carbocycles. The van der Waals surface area contributed by atoms with Gasteiger partial charge in [0.15, 0.2) is 0 Å². The summed E-state index contributed by atoms with van der Waals surface area (Å²) in [6, 6.07) is 20.8. The van der Waals surface area contributed by atoms with Crippen molar-refractivity contribution in [3.8, 4) is 16.9 Å². The minimum absolute atomic E-state index is 0.329. The van der Waals surface area contributed by atoms with Gasteiger partial charge in [0, 0.05) is 6.54 Å². The lowest BCUT2D eigenvalue weighted by atomic mass is 9.97. The first kappa shape index (κ1) is 23.5. The Morgan fingerprint density at radius 3 is 2.27 bits per heavy atom. The molecule has 0 fully saturated rings. The van der Waals surface area contributed by atoms with E-state index in [0.717, 1.165) is 30.6 Å². The van der Waals surface area contributed by atoms with Crippen molar-refractivity contribution in [1.29, 1.82) is 0 Å². The van der Waals surface area contributed by atoms with Crippen LogP contribution in [-0.4, -0.2) is 40.7 Å². The molecule has 4 rings (SSSR count). The Hall–Kier alpha value is -2.70. The molecule has 3 aromatic carbocycles. The van der Waals surface area contributed by atoms with Gasteiger partial charge in [-0.3, -0.25) is 0 Å². The lowest BCUT2D eigenvalue weighted by Gasteiger charge is -2.29. The molecule has 1 aliphatic rings. The van der Waals surface area contributed by atoms with E-state index >= 15 is 0 Å². The topological polar surface area (TPSA) is 82.0 Å². The van der Waals surface area contributed by atoms with Crippen molar-refractivity contribution < 1.29 is 20.1 Å². The van der Waals surface area contributed by atoms with Gasteiger partial charge in [0.2, 0.25) is 0 Å². The molecule has 0 saturated heterocycles. The van der Waals surface area contributed by atoms with Gasteiger partial charge in [-0.2, -0.15) is 0 Å². The van der Waals surface area contributed by atoms with Crippen LogP contribution in [0.1, 0.15) is 34.2 Å². The zero-order chi connectivity index (χ0) is 23.3. The quantitative estimate of drug-likeness (QED) is 0.382. The van der Waals surface area contributed by atoms with Gasteiger partial charge in [-0.05, 0) is 71.2 Å². The van der Waals surface area contributed by atoms with Gasteiger partial charge in [-0.15, -0.1) is 0 Å². The molecule has 0 radical (unpaired) electrons. The van der Waals surface area contributed by atoms with Crippen LogP contribution in [-0.2, 0) is 26.0 Å². The van der Waals surface area contributed by atoms with Gasteiger partial charge in [-0.1, -0.05) is 54.6 Å². The molecule has 0 heterocycles. The maximum Gasteiger partial charge on any atom is 0.123 e. The van der Waals surface area contributed by atoms with Crippen molar-refractivity contribution in [3.63, 3.8) is 0 Å². The first-order valence-corrected chi connectivity index (χ1v) is 11.6. The molecular formula is C28H33NO4. The molecule has 0 bridgehead atoms. The molecule has 3 aromatic rings. The standard InChI is InChI=1S/C28H33NO4/c1-20-23(9-5-10-24(20)21-7-3-2-4-8-21)16-33-27-14-13-22(25-11-6-12-26(25)27)15-29-28(17-30,18-31)19-32/h2-5,7-10,13-14,29-32H,6,11-12,15-19H2,1H3. The number of rotatable bonds is 10. The van der Waals surface area contributed by atoms with E-state index in [2.05, 4.69) is 60.8 Å². The average Bonchev–Trinajstić information content (AvgIpc) is 3.36. The maximum absolute atomic E-state index is 9.58. The van der Waals surface area contributed by atoms with E-state index in [9.17, 15) is 15.3 Å². The number of nitrogens with one attached hydrogen (secondary N) is 1. The second-order valence-corrected chi connectivity index (χ2v) is 8.89. The number of aliphatic hydroxyl groups is 3. The summed E-state index contributed by atoms with van der Waals surface area (Å²) in [5.74, 6) is 0.925. The highest BCUT2D eigenvalue weighted by molar-refractivity contribution is 5.68. The van der Waals surface area contributed by atoms with Gasteiger partial charge in [0.25, 0.3) is 0 Å². The van der Waals surface area contributed by atoms with Crippen molar-refractivity contribution in [3.05, 3.63) is 88.5 Å². The summed E-state index contributed by atoms with van der Waals surface area (Å²) in [7, 11) is 0. The molecule has 0 spiro atoms. The molecule has 0 unspecified atom stereocenters. The summed E-state index contributed by atoms with van der Waals surface area (Å²) >= 11 is 0.